The molecule has 1 saturated carbocycles. The molecular formula is C18H19ClFN. The molecule has 3 rings (SSSR count). The van der Waals surface area contributed by atoms with E-state index in [0.29, 0.717) is 28.8 Å². The minimum Gasteiger partial charge on any atom is -0.316 e. The zero-order chi connectivity index (χ0) is 14.8. The lowest BCUT2D eigenvalue weighted by Crippen LogP contribution is -2.30. The monoisotopic (exact) mass is 303 g/mol. The van der Waals surface area contributed by atoms with Gasteiger partial charge in [0.15, 0.2) is 0 Å². The first-order chi connectivity index (χ1) is 10.2. The summed E-state index contributed by atoms with van der Waals surface area (Å²) in [5.41, 5.74) is 2.08. The fourth-order valence-corrected chi connectivity index (χ4v) is 3.34. The van der Waals surface area contributed by atoms with Gasteiger partial charge in [-0.15, -0.1) is 0 Å². The van der Waals surface area contributed by atoms with Crippen molar-refractivity contribution in [2.24, 2.45) is 5.92 Å². The SMILES string of the molecule is CNC(Cc1cc(Cl)ccc1F)C1CC1c1ccccc1. The Balaban J connectivity index is 1.71. The number of nitrogens with one attached hydrogen (secondary N) is 1. The van der Waals surface area contributed by atoms with E-state index in [2.05, 4.69) is 29.6 Å². The van der Waals surface area contributed by atoms with Crippen molar-refractivity contribution in [3.63, 3.8) is 0 Å². The number of hydrogen-bond acceptors (Lipinski definition) is 1. The molecule has 2 aromatic rings. The van der Waals surface area contributed by atoms with Gasteiger partial charge in [0.2, 0.25) is 0 Å². The third kappa shape index (κ3) is 3.28. The van der Waals surface area contributed by atoms with Crippen LogP contribution >= 0.6 is 11.6 Å². The molecule has 3 atom stereocenters. The van der Waals surface area contributed by atoms with Crippen molar-refractivity contribution in [2.75, 3.05) is 7.05 Å². The van der Waals surface area contributed by atoms with Crippen LogP contribution in [0.15, 0.2) is 48.5 Å². The number of hydrogen-bond donors (Lipinski definition) is 1. The van der Waals surface area contributed by atoms with Crippen LogP contribution in [0.3, 0.4) is 0 Å². The van der Waals surface area contributed by atoms with E-state index in [4.69, 9.17) is 11.6 Å². The number of halogens is 2. The number of benzene rings is 2. The van der Waals surface area contributed by atoms with Crippen LogP contribution in [0.4, 0.5) is 4.39 Å². The standard InChI is InChI=1S/C18H19ClFN/c1-21-18(10-13-9-14(19)7-8-17(13)20)16-11-15(16)12-5-3-2-4-6-12/h2-9,15-16,18,21H,10-11H2,1H3. The summed E-state index contributed by atoms with van der Waals surface area (Å²) in [4.78, 5) is 0. The molecule has 1 fully saturated rings. The summed E-state index contributed by atoms with van der Waals surface area (Å²) in [6.07, 6.45) is 1.84. The molecule has 0 aromatic heterocycles. The second-order valence-electron chi connectivity index (χ2n) is 5.75. The zero-order valence-electron chi connectivity index (χ0n) is 12.0. The predicted molar refractivity (Wildman–Crippen MR) is 85.3 cm³/mol. The van der Waals surface area contributed by atoms with Crippen molar-refractivity contribution >= 4 is 11.6 Å². The van der Waals surface area contributed by atoms with Crippen molar-refractivity contribution in [3.8, 4) is 0 Å². The summed E-state index contributed by atoms with van der Waals surface area (Å²) in [6.45, 7) is 0. The van der Waals surface area contributed by atoms with Gasteiger partial charge in [-0.2, -0.15) is 0 Å². The molecule has 0 aliphatic heterocycles. The van der Waals surface area contributed by atoms with E-state index in [1.54, 1.807) is 12.1 Å². The van der Waals surface area contributed by atoms with E-state index in [-0.39, 0.29) is 11.9 Å². The summed E-state index contributed by atoms with van der Waals surface area (Å²) in [5, 5.41) is 3.94. The molecule has 0 spiro atoms. The van der Waals surface area contributed by atoms with E-state index in [0.717, 1.165) is 6.42 Å². The second kappa shape index (κ2) is 6.17. The van der Waals surface area contributed by atoms with Gasteiger partial charge in [0.1, 0.15) is 5.82 Å². The van der Waals surface area contributed by atoms with E-state index in [9.17, 15) is 4.39 Å². The summed E-state index contributed by atoms with van der Waals surface area (Å²) < 4.78 is 13.9. The Morgan fingerprint density at radius 2 is 2.00 bits per heavy atom. The fourth-order valence-electron chi connectivity index (χ4n) is 3.15. The van der Waals surface area contributed by atoms with Crippen LogP contribution < -0.4 is 5.32 Å². The van der Waals surface area contributed by atoms with E-state index >= 15 is 0 Å². The fraction of sp³-hybridized carbons (Fsp3) is 0.333. The molecule has 0 heterocycles. The Morgan fingerprint density at radius 1 is 1.24 bits per heavy atom. The topological polar surface area (TPSA) is 12.0 Å². The highest BCUT2D eigenvalue weighted by atomic mass is 35.5. The molecule has 1 aliphatic carbocycles. The van der Waals surface area contributed by atoms with Crippen LogP contribution in [0.5, 0.6) is 0 Å². The van der Waals surface area contributed by atoms with Gasteiger partial charge in [-0.25, -0.2) is 4.39 Å². The molecule has 3 heteroatoms. The van der Waals surface area contributed by atoms with Gasteiger partial charge in [-0.05, 0) is 61.1 Å². The van der Waals surface area contributed by atoms with E-state index in [1.165, 1.54) is 11.6 Å². The van der Waals surface area contributed by atoms with Crippen LogP contribution in [0.1, 0.15) is 23.5 Å². The van der Waals surface area contributed by atoms with Gasteiger partial charge < -0.3 is 5.32 Å². The minimum absolute atomic E-state index is 0.170. The zero-order valence-corrected chi connectivity index (χ0v) is 12.8. The normalized spacial score (nSPS) is 22.0. The first-order valence-electron chi connectivity index (χ1n) is 7.35. The lowest BCUT2D eigenvalue weighted by molar-refractivity contribution is 0.479. The Labute approximate surface area is 130 Å². The largest absolute Gasteiger partial charge is 0.316 e. The van der Waals surface area contributed by atoms with Crippen molar-refractivity contribution in [1.29, 1.82) is 0 Å². The Kier molecular flexibility index (Phi) is 4.27. The van der Waals surface area contributed by atoms with Gasteiger partial charge in [-0.3, -0.25) is 0 Å². The van der Waals surface area contributed by atoms with Crippen LogP contribution in [0, 0.1) is 11.7 Å². The lowest BCUT2D eigenvalue weighted by atomic mass is 9.98. The molecule has 0 amide bonds. The van der Waals surface area contributed by atoms with Crippen molar-refractivity contribution in [1.82, 2.24) is 5.32 Å². The molecule has 1 N–H and O–H groups in total. The average Bonchev–Trinajstić information content (AvgIpc) is 3.29. The average molecular weight is 304 g/mol. The molecule has 0 bridgehead atoms. The quantitative estimate of drug-likeness (QED) is 0.862. The highest BCUT2D eigenvalue weighted by Gasteiger charge is 2.43. The van der Waals surface area contributed by atoms with Gasteiger partial charge in [0.25, 0.3) is 0 Å². The lowest BCUT2D eigenvalue weighted by Gasteiger charge is -2.17. The van der Waals surface area contributed by atoms with E-state index in [1.807, 2.05) is 13.1 Å². The smallest absolute Gasteiger partial charge is 0.126 e. The van der Waals surface area contributed by atoms with Gasteiger partial charge in [-0.1, -0.05) is 41.9 Å². The summed E-state index contributed by atoms with van der Waals surface area (Å²) in [6, 6.07) is 15.6. The van der Waals surface area contributed by atoms with Gasteiger partial charge in [0, 0.05) is 11.1 Å². The van der Waals surface area contributed by atoms with Gasteiger partial charge >= 0.3 is 0 Å². The maximum atomic E-state index is 13.9. The van der Waals surface area contributed by atoms with Crippen LogP contribution in [-0.2, 0) is 6.42 Å². The first-order valence-corrected chi connectivity index (χ1v) is 7.73. The van der Waals surface area contributed by atoms with Gasteiger partial charge in [0.05, 0.1) is 0 Å². The van der Waals surface area contributed by atoms with Crippen molar-refractivity contribution in [2.45, 2.75) is 24.8 Å². The summed E-state index contributed by atoms with van der Waals surface area (Å²) >= 11 is 5.98. The van der Waals surface area contributed by atoms with Crippen LogP contribution in [0.25, 0.3) is 0 Å². The molecule has 1 nitrogen and oxygen atoms in total. The molecule has 2 aromatic carbocycles. The summed E-state index contributed by atoms with van der Waals surface area (Å²) in [5.74, 6) is 0.984. The maximum absolute atomic E-state index is 13.9. The van der Waals surface area contributed by atoms with Crippen LogP contribution in [-0.4, -0.2) is 13.1 Å². The third-order valence-electron chi connectivity index (χ3n) is 4.40. The number of rotatable bonds is 5. The predicted octanol–water partition coefficient (Wildman–Crippen LogP) is 4.41. The Morgan fingerprint density at radius 3 is 2.71 bits per heavy atom. The molecule has 0 radical (unpaired) electrons. The van der Waals surface area contributed by atoms with E-state index < -0.39 is 0 Å². The minimum atomic E-state index is -0.170. The molecule has 3 unspecified atom stereocenters. The van der Waals surface area contributed by atoms with Crippen LogP contribution in [0.2, 0.25) is 5.02 Å². The maximum Gasteiger partial charge on any atom is 0.126 e. The molecule has 110 valence electrons. The molecule has 0 saturated heterocycles. The molecule has 1 aliphatic rings. The second-order valence-corrected chi connectivity index (χ2v) is 6.19. The Hall–Kier alpha value is -1.38. The van der Waals surface area contributed by atoms with Crippen molar-refractivity contribution in [3.05, 3.63) is 70.5 Å². The molecular weight excluding hydrogens is 285 g/mol. The highest BCUT2D eigenvalue weighted by Crippen LogP contribution is 2.50. The first kappa shape index (κ1) is 14.6. The molecule has 21 heavy (non-hydrogen) atoms. The third-order valence-corrected chi connectivity index (χ3v) is 4.64. The number of likely N-dealkylation sites (N-methyl/N-ethyl adjacent to an activating group) is 1. The Bertz CT molecular complexity index is 614. The summed E-state index contributed by atoms with van der Waals surface area (Å²) in [7, 11) is 1.95. The van der Waals surface area contributed by atoms with Crippen molar-refractivity contribution < 1.29 is 4.39 Å². The highest BCUT2D eigenvalue weighted by molar-refractivity contribution is 6.30.